The van der Waals surface area contributed by atoms with Crippen LogP contribution in [0, 0.1) is 5.92 Å². The fourth-order valence-electron chi connectivity index (χ4n) is 3.74. The Morgan fingerprint density at radius 2 is 2.06 bits per heavy atom. The molecule has 2 bridgehead atoms. The number of benzene rings is 1. The molecule has 1 nitrogen and oxygen atoms in total. The SMILES string of the molecule is c1ccc2sc(C3CCN4CCCC3C4)cc2c1. The fourth-order valence-corrected chi connectivity index (χ4v) is 5.03. The largest absolute Gasteiger partial charge is 0.303 e. The van der Waals surface area contributed by atoms with E-state index < -0.39 is 0 Å². The summed E-state index contributed by atoms with van der Waals surface area (Å²) >= 11 is 2.03. The number of thiophene rings is 1. The maximum absolute atomic E-state index is 2.66. The highest BCUT2D eigenvalue weighted by Gasteiger charge is 2.33. The van der Waals surface area contributed by atoms with Crippen LogP contribution in [0.1, 0.15) is 30.1 Å². The molecule has 18 heavy (non-hydrogen) atoms. The fraction of sp³-hybridized carbons (Fsp3) is 0.500. The maximum Gasteiger partial charge on any atom is 0.0345 e. The smallest absolute Gasteiger partial charge is 0.0345 e. The Morgan fingerprint density at radius 1 is 1.11 bits per heavy atom. The van der Waals surface area contributed by atoms with Crippen LogP contribution in [0.15, 0.2) is 30.3 Å². The third-order valence-corrected chi connectivity index (χ3v) is 5.93. The van der Waals surface area contributed by atoms with E-state index >= 15 is 0 Å². The summed E-state index contributed by atoms with van der Waals surface area (Å²) in [5.41, 5.74) is 0. The molecular weight excluding hydrogens is 238 g/mol. The first-order valence-corrected chi connectivity index (χ1v) is 7.92. The predicted octanol–water partition coefficient (Wildman–Crippen LogP) is 4.10. The van der Waals surface area contributed by atoms with E-state index in [1.807, 2.05) is 11.3 Å². The van der Waals surface area contributed by atoms with Crippen molar-refractivity contribution in [2.24, 2.45) is 5.92 Å². The molecule has 2 fully saturated rings. The zero-order valence-corrected chi connectivity index (χ0v) is 11.5. The molecule has 3 unspecified atom stereocenters. The van der Waals surface area contributed by atoms with E-state index in [0.29, 0.717) is 0 Å². The van der Waals surface area contributed by atoms with Crippen molar-refractivity contribution in [3.8, 4) is 0 Å². The van der Waals surface area contributed by atoms with Crippen LogP contribution >= 0.6 is 11.3 Å². The number of hydrogen-bond donors (Lipinski definition) is 0. The monoisotopic (exact) mass is 257 g/mol. The van der Waals surface area contributed by atoms with Crippen LogP contribution < -0.4 is 0 Å². The summed E-state index contributed by atoms with van der Waals surface area (Å²) in [5.74, 6) is 1.75. The van der Waals surface area contributed by atoms with Crippen LogP contribution in [0.5, 0.6) is 0 Å². The molecule has 0 amide bonds. The third-order valence-electron chi connectivity index (χ3n) is 4.68. The molecule has 0 spiro atoms. The number of hydrogen-bond acceptors (Lipinski definition) is 2. The van der Waals surface area contributed by atoms with Crippen LogP contribution in [0.4, 0.5) is 0 Å². The van der Waals surface area contributed by atoms with Gasteiger partial charge in [0.25, 0.3) is 0 Å². The lowest BCUT2D eigenvalue weighted by molar-refractivity contribution is 0.106. The Labute approximate surface area is 112 Å². The van der Waals surface area contributed by atoms with Crippen molar-refractivity contribution in [1.29, 1.82) is 0 Å². The van der Waals surface area contributed by atoms with Gasteiger partial charge < -0.3 is 4.90 Å². The molecule has 3 heterocycles. The summed E-state index contributed by atoms with van der Waals surface area (Å²) in [7, 11) is 0. The minimum Gasteiger partial charge on any atom is -0.303 e. The average Bonchev–Trinajstić information content (AvgIpc) is 2.82. The van der Waals surface area contributed by atoms with E-state index in [-0.39, 0.29) is 0 Å². The van der Waals surface area contributed by atoms with E-state index in [4.69, 9.17) is 0 Å². The molecule has 0 radical (unpaired) electrons. The zero-order chi connectivity index (χ0) is 11.9. The summed E-state index contributed by atoms with van der Waals surface area (Å²) in [6, 6.07) is 11.3. The number of nitrogens with zero attached hydrogens (tertiary/aromatic N) is 1. The van der Waals surface area contributed by atoms with Crippen molar-refractivity contribution < 1.29 is 0 Å². The standard InChI is InChI=1S/C16H19NS/c1-2-6-15-12(4-1)10-16(18-15)14-7-9-17-8-3-5-13(14)11-17/h1-2,4,6,10,13-14H,3,5,7-9,11H2. The lowest BCUT2D eigenvalue weighted by atomic mass is 9.79. The van der Waals surface area contributed by atoms with E-state index in [1.54, 1.807) is 4.88 Å². The van der Waals surface area contributed by atoms with E-state index in [1.165, 1.54) is 49.0 Å². The molecule has 3 atom stereocenters. The molecule has 94 valence electrons. The van der Waals surface area contributed by atoms with Gasteiger partial charge in [-0.05, 0) is 61.7 Å². The third kappa shape index (κ3) is 1.79. The van der Waals surface area contributed by atoms with Gasteiger partial charge in [-0.15, -0.1) is 11.3 Å². The molecule has 0 aliphatic carbocycles. The van der Waals surface area contributed by atoms with E-state index in [9.17, 15) is 0 Å². The van der Waals surface area contributed by atoms with E-state index in [2.05, 4.69) is 35.2 Å². The average molecular weight is 257 g/mol. The second-order valence-electron chi connectivity index (χ2n) is 5.78. The van der Waals surface area contributed by atoms with Gasteiger partial charge >= 0.3 is 0 Å². The Balaban J connectivity index is 1.69. The van der Waals surface area contributed by atoms with Gasteiger partial charge in [-0.3, -0.25) is 0 Å². The summed E-state index contributed by atoms with van der Waals surface area (Å²) < 4.78 is 1.46. The highest BCUT2D eigenvalue weighted by Crippen LogP contribution is 2.42. The summed E-state index contributed by atoms with van der Waals surface area (Å²) in [4.78, 5) is 4.31. The van der Waals surface area contributed by atoms with Gasteiger partial charge in [0, 0.05) is 16.1 Å². The van der Waals surface area contributed by atoms with Gasteiger partial charge in [0.2, 0.25) is 0 Å². The molecule has 1 aromatic carbocycles. The summed E-state index contributed by atoms with van der Waals surface area (Å²) in [6.45, 7) is 4.00. The van der Waals surface area contributed by atoms with Crippen LogP contribution in [-0.4, -0.2) is 24.5 Å². The molecule has 2 aliphatic heterocycles. The number of piperidine rings is 2. The van der Waals surface area contributed by atoms with Gasteiger partial charge in [-0.25, -0.2) is 0 Å². The van der Waals surface area contributed by atoms with Gasteiger partial charge in [-0.1, -0.05) is 18.2 Å². The van der Waals surface area contributed by atoms with Crippen molar-refractivity contribution in [2.45, 2.75) is 25.2 Å². The predicted molar refractivity (Wildman–Crippen MR) is 78.3 cm³/mol. The Bertz CT molecular complexity index is 526. The minimum absolute atomic E-state index is 0.832. The summed E-state index contributed by atoms with van der Waals surface area (Å²) in [6.07, 6.45) is 4.22. The molecule has 0 saturated carbocycles. The normalized spacial score (nSPS) is 31.7. The lowest BCUT2D eigenvalue weighted by Gasteiger charge is -2.42. The topological polar surface area (TPSA) is 3.24 Å². The first-order valence-electron chi connectivity index (χ1n) is 7.11. The first kappa shape index (κ1) is 11.0. The Morgan fingerprint density at radius 3 is 3.00 bits per heavy atom. The Hall–Kier alpha value is -0.860. The van der Waals surface area contributed by atoms with Crippen LogP contribution in [0.2, 0.25) is 0 Å². The second kappa shape index (κ2) is 4.36. The highest BCUT2D eigenvalue weighted by molar-refractivity contribution is 7.19. The number of rotatable bonds is 1. The zero-order valence-electron chi connectivity index (χ0n) is 10.6. The van der Waals surface area contributed by atoms with Crippen molar-refractivity contribution in [3.63, 3.8) is 0 Å². The van der Waals surface area contributed by atoms with Crippen molar-refractivity contribution in [3.05, 3.63) is 35.2 Å². The molecule has 2 aromatic rings. The van der Waals surface area contributed by atoms with Gasteiger partial charge in [0.15, 0.2) is 0 Å². The summed E-state index contributed by atoms with van der Waals surface area (Å²) in [5, 5.41) is 1.44. The van der Waals surface area contributed by atoms with Crippen LogP contribution in [0.3, 0.4) is 0 Å². The molecule has 1 aromatic heterocycles. The first-order chi connectivity index (χ1) is 8.90. The van der Waals surface area contributed by atoms with Crippen molar-refractivity contribution >= 4 is 21.4 Å². The van der Waals surface area contributed by atoms with E-state index in [0.717, 1.165) is 11.8 Å². The number of fused-ring (bicyclic) bond motifs is 3. The quantitative estimate of drug-likeness (QED) is 0.743. The van der Waals surface area contributed by atoms with Crippen LogP contribution in [-0.2, 0) is 0 Å². The van der Waals surface area contributed by atoms with Crippen LogP contribution in [0.25, 0.3) is 10.1 Å². The van der Waals surface area contributed by atoms with Gasteiger partial charge in [0.05, 0.1) is 0 Å². The minimum atomic E-state index is 0.832. The van der Waals surface area contributed by atoms with Crippen molar-refractivity contribution in [2.75, 3.05) is 19.6 Å². The van der Waals surface area contributed by atoms with Gasteiger partial charge in [-0.2, -0.15) is 0 Å². The highest BCUT2D eigenvalue weighted by atomic mass is 32.1. The molecule has 2 saturated heterocycles. The van der Waals surface area contributed by atoms with Gasteiger partial charge in [0.1, 0.15) is 0 Å². The Kier molecular flexibility index (Phi) is 2.66. The molecule has 2 heteroatoms. The lowest BCUT2D eigenvalue weighted by Crippen LogP contribution is -2.43. The molecular formula is C16H19NS. The molecule has 2 aliphatic rings. The molecule has 0 N–H and O–H groups in total. The maximum atomic E-state index is 2.66. The molecule has 4 rings (SSSR count). The second-order valence-corrected chi connectivity index (χ2v) is 6.90. The van der Waals surface area contributed by atoms with Crippen molar-refractivity contribution in [1.82, 2.24) is 4.90 Å².